The van der Waals surface area contributed by atoms with Gasteiger partial charge in [-0.05, 0) is 50.2 Å². The maximum absolute atomic E-state index is 12.4. The van der Waals surface area contributed by atoms with Gasteiger partial charge in [-0.2, -0.15) is 0 Å². The average molecular weight is 381 g/mol. The van der Waals surface area contributed by atoms with Crippen LogP contribution in [0.25, 0.3) is 0 Å². The van der Waals surface area contributed by atoms with Crippen molar-refractivity contribution in [2.45, 2.75) is 20.0 Å². The van der Waals surface area contributed by atoms with Crippen LogP contribution in [0.5, 0.6) is 5.75 Å². The van der Waals surface area contributed by atoms with Crippen LogP contribution < -0.4 is 9.64 Å². The number of hydrogen-bond donors (Lipinski definition) is 0. The predicted molar refractivity (Wildman–Crippen MR) is 101 cm³/mol. The molecular weight excluding hydrogens is 362 g/mol. The van der Waals surface area contributed by atoms with Gasteiger partial charge in [-0.1, -0.05) is 12.1 Å². The number of rotatable bonds is 7. The fourth-order valence-electron chi connectivity index (χ4n) is 2.94. The molecule has 0 saturated heterocycles. The van der Waals surface area contributed by atoms with Crippen LogP contribution >= 0.6 is 0 Å². The molecule has 0 fully saturated rings. The fraction of sp³-hybridized carbons (Fsp3) is 0.238. The van der Waals surface area contributed by atoms with E-state index in [0.29, 0.717) is 23.6 Å². The molecule has 7 nitrogen and oxygen atoms in total. The van der Waals surface area contributed by atoms with E-state index in [1.54, 1.807) is 42.5 Å². The van der Waals surface area contributed by atoms with Gasteiger partial charge in [0.25, 0.3) is 11.7 Å². The number of Topliss-reactive ketones (excluding diaryl/α,β-unsaturated/α-hetero) is 2. The van der Waals surface area contributed by atoms with Crippen molar-refractivity contribution in [2.24, 2.45) is 0 Å². The first-order chi connectivity index (χ1) is 13.4. The Morgan fingerprint density at radius 1 is 1.04 bits per heavy atom. The minimum Gasteiger partial charge on any atom is -0.494 e. The highest BCUT2D eigenvalue weighted by molar-refractivity contribution is 6.52. The van der Waals surface area contributed by atoms with E-state index < -0.39 is 30.3 Å². The normalized spacial score (nSPS) is 13.9. The Morgan fingerprint density at radius 2 is 1.71 bits per heavy atom. The van der Waals surface area contributed by atoms with Crippen molar-refractivity contribution in [1.82, 2.24) is 0 Å². The van der Waals surface area contributed by atoms with Crippen molar-refractivity contribution in [1.29, 1.82) is 0 Å². The molecule has 0 saturated carbocycles. The molecule has 0 unspecified atom stereocenters. The molecule has 1 atom stereocenters. The number of ether oxygens (including phenoxy) is 2. The molecule has 0 aromatic heterocycles. The number of ketones is 2. The minimum absolute atomic E-state index is 0.249. The molecule has 0 radical (unpaired) electrons. The zero-order valence-electron chi connectivity index (χ0n) is 15.5. The molecule has 1 heterocycles. The molecule has 0 aliphatic carbocycles. The number of carbonyl (C=O) groups is 4. The van der Waals surface area contributed by atoms with E-state index >= 15 is 0 Å². The second-order valence-electron chi connectivity index (χ2n) is 6.19. The number of hydrogen-bond acceptors (Lipinski definition) is 6. The summed E-state index contributed by atoms with van der Waals surface area (Å²) in [5.74, 6) is -1.96. The first kappa shape index (κ1) is 19.3. The summed E-state index contributed by atoms with van der Waals surface area (Å²) in [6.45, 7) is 3.39. The Bertz CT molecular complexity index is 934. The van der Waals surface area contributed by atoms with Crippen LogP contribution in [-0.4, -0.2) is 42.7 Å². The zero-order valence-corrected chi connectivity index (χ0v) is 15.5. The van der Waals surface area contributed by atoms with Crippen LogP contribution in [0.1, 0.15) is 34.6 Å². The molecule has 2 aromatic carbocycles. The van der Waals surface area contributed by atoms with E-state index in [-0.39, 0.29) is 11.3 Å². The molecule has 1 amide bonds. The number of para-hydroxylation sites is 1. The smallest absolute Gasteiger partial charge is 0.326 e. The number of esters is 1. The molecule has 28 heavy (non-hydrogen) atoms. The van der Waals surface area contributed by atoms with E-state index in [1.165, 1.54) is 13.0 Å². The number of fused-ring (bicyclic) bond motifs is 1. The van der Waals surface area contributed by atoms with Crippen LogP contribution in [0.4, 0.5) is 5.69 Å². The van der Waals surface area contributed by atoms with E-state index in [9.17, 15) is 19.2 Å². The molecule has 2 aromatic rings. The lowest BCUT2D eigenvalue weighted by atomic mass is 10.1. The Labute approximate surface area is 161 Å². The summed E-state index contributed by atoms with van der Waals surface area (Å²) >= 11 is 0. The monoisotopic (exact) mass is 381 g/mol. The van der Waals surface area contributed by atoms with Crippen LogP contribution in [0, 0.1) is 0 Å². The second kappa shape index (κ2) is 8.04. The standard InChI is InChI=1S/C21H19NO6/c1-3-27-15-10-8-14(9-11-15)19(24)13(2)28-18(23)12-22-17-7-5-4-6-16(17)20(25)21(22)26/h4-11,13H,3,12H2,1-2H3/t13-/m0/s1. The van der Waals surface area contributed by atoms with E-state index in [1.807, 2.05) is 6.92 Å². The van der Waals surface area contributed by atoms with Crippen molar-refractivity contribution in [3.63, 3.8) is 0 Å². The van der Waals surface area contributed by atoms with E-state index in [4.69, 9.17) is 9.47 Å². The molecule has 3 rings (SSSR count). The highest BCUT2D eigenvalue weighted by atomic mass is 16.5. The Hall–Kier alpha value is -3.48. The molecule has 7 heteroatoms. The van der Waals surface area contributed by atoms with Gasteiger partial charge in [-0.3, -0.25) is 24.1 Å². The molecule has 144 valence electrons. The Morgan fingerprint density at radius 3 is 2.39 bits per heavy atom. The number of nitrogens with zero attached hydrogens (tertiary/aromatic N) is 1. The lowest BCUT2D eigenvalue weighted by molar-refractivity contribution is -0.145. The summed E-state index contributed by atoms with van der Waals surface area (Å²) < 4.78 is 10.5. The van der Waals surface area contributed by atoms with Gasteiger partial charge in [0.1, 0.15) is 12.3 Å². The third-order valence-electron chi connectivity index (χ3n) is 4.29. The average Bonchev–Trinajstić information content (AvgIpc) is 2.93. The predicted octanol–water partition coefficient (Wildman–Crippen LogP) is 2.43. The number of amides is 1. The molecule has 1 aliphatic heterocycles. The Balaban J connectivity index is 1.64. The van der Waals surface area contributed by atoms with Crippen LogP contribution in [0.15, 0.2) is 48.5 Å². The SMILES string of the molecule is CCOc1ccc(C(=O)[C@H](C)OC(=O)CN2C(=O)C(=O)c3ccccc32)cc1. The summed E-state index contributed by atoms with van der Waals surface area (Å²) in [6, 6.07) is 12.9. The molecule has 1 aliphatic rings. The van der Waals surface area contributed by atoms with Gasteiger partial charge in [0, 0.05) is 5.56 Å². The van der Waals surface area contributed by atoms with Crippen molar-refractivity contribution >= 4 is 29.1 Å². The number of carbonyl (C=O) groups excluding carboxylic acids is 4. The largest absolute Gasteiger partial charge is 0.494 e. The van der Waals surface area contributed by atoms with Gasteiger partial charge in [0.15, 0.2) is 6.10 Å². The lowest BCUT2D eigenvalue weighted by Gasteiger charge is -2.18. The minimum atomic E-state index is -1.03. The van der Waals surface area contributed by atoms with Crippen molar-refractivity contribution < 1.29 is 28.7 Å². The highest BCUT2D eigenvalue weighted by Gasteiger charge is 2.37. The van der Waals surface area contributed by atoms with Crippen LogP contribution in [-0.2, 0) is 14.3 Å². The molecule has 0 spiro atoms. The first-order valence-electron chi connectivity index (χ1n) is 8.84. The van der Waals surface area contributed by atoms with Gasteiger partial charge in [-0.25, -0.2) is 0 Å². The number of anilines is 1. The van der Waals surface area contributed by atoms with Crippen molar-refractivity contribution in [3.05, 3.63) is 59.7 Å². The van der Waals surface area contributed by atoms with Crippen molar-refractivity contribution in [3.8, 4) is 5.75 Å². The van der Waals surface area contributed by atoms with Crippen LogP contribution in [0.2, 0.25) is 0 Å². The van der Waals surface area contributed by atoms with E-state index in [2.05, 4.69) is 0 Å². The van der Waals surface area contributed by atoms with E-state index in [0.717, 1.165) is 4.90 Å². The summed E-state index contributed by atoms with van der Waals surface area (Å²) in [6.07, 6.45) is -1.03. The summed E-state index contributed by atoms with van der Waals surface area (Å²) in [5.41, 5.74) is 0.986. The van der Waals surface area contributed by atoms with Crippen molar-refractivity contribution in [2.75, 3.05) is 18.1 Å². The highest BCUT2D eigenvalue weighted by Crippen LogP contribution is 2.28. The lowest BCUT2D eigenvalue weighted by Crippen LogP contribution is -2.37. The maximum atomic E-state index is 12.4. The van der Waals surface area contributed by atoms with Gasteiger partial charge >= 0.3 is 5.97 Å². The molecular formula is C21H19NO6. The molecule has 0 bridgehead atoms. The quantitative estimate of drug-likeness (QED) is 0.416. The third-order valence-corrected chi connectivity index (χ3v) is 4.29. The number of benzene rings is 2. The van der Waals surface area contributed by atoms with Gasteiger partial charge in [-0.15, -0.1) is 0 Å². The fourth-order valence-corrected chi connectivity index (χ4v) is 2.94. The van der Waals surface area contributed by atoms with Gasteiger partial charge in [0.05, 0.1) is 17.9 Å². The maximum Gasteiger partial charge on any atom is 0.326 e. The topological polar surface area (TPSA) is 90.0 Å². The zero-order chi connectivity index (χ0) is 20.3. The first-order valence-corrected chi connectivity index (χ1v) is 8.84. The van der Waals surface area contributed by atoms with Crippen LogP contribution in [0.3, 0.4) is 0 Å². The summed E-state index contributed by atoms with van der Waals surface area (Å²) in [7, 11) is 0. The summed E-state index contributed by atoms with van der Waals surface area (Å²) in [5, 5.41) is 0. The second-order valence-corrected chi connectivity index (χ2v) is 6.19. The summed E-state index contributed by atoms with van der Waals surface area (Å²) in [4.78, 5) is 49.8. The molecule has 0 N–H and O–H groups in total. The van der Waals surface area contributed by atoms with Gasteiger partial charge in [0.2, 0.25) is 5.78 Å². The van der Waals surface area contributed by atoms with Gasteiger partial charge < -0.3 is 9.47 Å². The Kier molecular flexibility index (Phi) is 5.54. The third kappa shape index (κ3) is 3.78.